The number of nitrogens with two attached hydrogens (primary N) is 1. The summed E-state index contributed by atoms with van der Waals surface area (Å²) in [6, 6.07) is 3.96. The summed E-state index contributed by atoms with van der Waals surface area (Å²) >= 11 is 5.87. The van der Waals surface area contributed by atoms with E-state index in [2.05, 4.69) is 5.32 Å². The maximum Gasteiger partial charge on any atom is 0.221 e. The predicted octanol–water partition coefficient (Wildman–Crippen LogP) is 2.01. The highest BCUT2D eigenvalue weighted by Crippen LogP contribution is 2.25. The summed E-state index contributed by atoms with van der Waals surface area (Å²) in [5.74, 6) is -0.637. The number of halogens is 2. The summed E-state index contributed by atoms with van der Waals surface area (Å²) < 4.78 is 13.5. The van der Waals surface area contributed by atoms with Crippen LogP contribution in [0.1, 0.15) is 24.9 Å². The summed E-state index contributed by atoms with van der Waals surface area (Å²) in [5, 5.41) is 2.94. The van der Waals surface area contributed by atoms with E-state index in [0.29, 0.717) is 10.6 Å². The van der Waals surface area contributed by atoms with E-state index in [9.17, 15) is 9.18 Å². The summed E-state index contributed by atoms with van der Waals surface area (Å²) in [6.07, 6.45) is 0.219. The summed E-state index contributed by atoms with van der Waals surface area (Å²) in [5.41, 5.74) is 5.54. The van der Waals surface area contributed by atoms with Gasteiger partial charge in [-0.1, -0.05) is 17.7 Å². The van der Waals surface area contributed by atoms with Crippen molar-refractivity contribution >= 4 is 17.5 Å². The number of benzene rings is 1. The van der Waals surface area contributed by atoms with Crippen LogP contribution >= 0.6 is 11.6 Å². The van der Waals surface area contributed by atoms with E-state index in [-0.39, 0.29) is 18.9 Å². The number of amides is 1. The summed E-state index contributed by atoms with van der Waals surface area (Å²) in [6.45, 7) is 1.95. The van der Waals surface area contributed by atoms with Crippen molar-refractivity contribution in [1.29, 1.82) is 0 Å². The Balaban J connectivity index is 2.80. The molecule has 1 amide bonds. The van der Waals surface area contributed by atoms with Crippen molar-refractivity contribution in [2.75, 3.05) is 6.54 Å². The maximum absolute atomic E-state index is 13.5. The van der Waals surface area contributed by atoms with Crippen LogP contribution in [0.4, 0.5) is 4.39 Å². The number of nitrogens with one attached hydrogen (secondary N) is 1. The number of rotatable bonds is 4. The fourth-order valence-corrected chi connectivity index (χ4v) is 1.77. The van der Waals surface area contributed by atoms with Gasteiger partial charge in [0.15, 0.2) is 0 Å². The zero-order valence-electron chi connectivity index (χ0n) is 8.97. The predicted molar refractivity (Wildman–Crippen MR) is 61.6 cm³/mol. The largest absolute Gasteiger partial charge is 0.349 e. The van der Waals surface area contributed by atoms with Crippen molar-refractivity contribution in [1.82, 2.24) is 5.32 Å². The SMILES string of the molecule is CC(NC(=O)CCN)c1c(F)cccc1Cl. The van der Waals surface area contributed by atoms with Crippen LogP contribution in [-0.4, -0.2) is 12.5 Å². The van der Waals surface area contributed by atoms with E-state index in [1.807, 2.05) is 0 Å². The Labute approximate surface area is 98.8 Å². The first kappa shape index (κ1) is 12.9. The van der Waals surface area contributed by atoms with E-state index in [4.69, 9.17) is 17.3 Å². The minimum atomic E-state index is -0.465. The fourth-order valence-electron chi connectivity index (χ4n) is 1.44. The molecule has 0 heterocycles. The van der Waals surface area contributed by atoms with E-state index < -0.39 is 11.9 Å². The quantitative estimate of drug-likeness (QED) is 0.851. The van der Waals surface area contributed by atoms with Gasteiger partial charge in [-0.2, -0.15) is 0 Å². The van der Waals surface area contributed by atoms with Crippen LogP contribution in [0.25, 0.3) is 0 Å². The molecule has 0 fully saturated rings. The molecule has 1 aromatic carbocycles. The Morgan fingerprint density at radius 1 is 1.62 bits per heavy atom. The van der Waals surface area contributed by atoms with Gasteiger partial charge in [0.1, 0.15) is 5.82 Å². The fraction of sp³-hybridized carbons (Fsp3) is 0.364. The molecule has 88 valence electrons. The molecule has 0 spiro atoms. The number of hydrogen-bond donors (Lipinski definition) is 2. The molecule has 0 saturated carbocycles. The second-order valence-corrected chi connectivity index (χ2v) is 3.87. The van der Waals surface area contributed by atoms with Crippen molar-refractivity contribution in [2.45, 2.75) is 19.4 Å². The lowest BCUT2D eigenvalue weighted by Gasteiger charge is -2.16. The normalized spacial score (nSPS) is 12.2. The first-order chi connectivity index (χ1) is 7.56. The van der Waals surface area contributed by atoms with Crippen molar-refractivity contribution in [3.8, 4) is 0 Å². The summed E-state index contributed by atoms with van der Waals surface area (Å²) in [7, 11) is 0. The van der Waals surface area contributed by atoms with E-state index >= 15 is 0 Å². The molecule has 1 rings (SSSR count). The molecular weight excluding hydrogens is 231 g/mol. The first-order valence-electron chi connectivity index (χ1n) is 4.99. The standard InChI is InChI=1S/C11H14ClFN2O/c1-7(15-10(16)5-6-14)11-8(12)3-2-4-9(11)13/h2-4,7H,5-6,14H2,1H3,(H,15,16). The van der Waals surface area contributed by atoms with Crippen LogP contribution < -0.4 is 11.1 Å². The molecule has 3 nitrogen and oxygen atoms in total. The zero-order chi connectivity index (χ0) is 12.1. The molecule has 3 N–H and O–H groups in total. The minimum Gasteiger partial charge on any atom is -0.349 e. The Kier molecular flexibility index (Phi) is 4.71. The highest BCUT2D eigenvalue weighted by atomic mass is 35.5. The lowest BCUT2D eigenvalue weighted by atomic mass is 10.1. The third-order valence-corrected chi connectivity index (χ3v) is 2.51. The molecule has 5 heteroatoms. The van der Waals surface area contributed by atoms with Crippen LogP contribution in [0, 0.1) is 5.82 Å². The zero-order valence-corrected chi connectivity index (χ0v) is 9.72. The molecule has 0 radical (unpaired) electrons. The van der Waals surface area contributed by atoms with Crippen LogP contribution in [0.2, 0.25) is 5.02 Å². The second-order valence-electron chi connectivity index (χ2n) is 3.46. The number of hydrogen-bond acceptors (Lipinski definition) is 2. The van der Waals surface area contributed by atoms with Gasteiger partial charge >= 0.3 is 0 Å². The van der Waals surface area contributed by atoms with Crippen molar-refractivity contribution in [2.24, 2.45) is 5.73 Å². The van der Waals surface area contributed by atoms with Gasteiger partial charge in [0.05, 0.1) is 6.04 Å². The molecular formula is C11H14ClFN2O. The first-order valence-corrected chi connectivity index (χ1v) is 5.37. The lowest BCUT2D eigenvalue weighted by molar-refractivity contribution is -0.121. The van der Waals surface area contributed by atoms with Gasteiger partial charge in [0.2, 0.25) is 5.91 Å². The molecule has 1 aromatic rings. The number of carbonyl (C=O) groups is 1. The van der Waals surface area contributed by atoms with Gasteiger partial charge in [-0.15, -0.1) is 0 Å². The minimum absolute atomic E-state index is 0.214. The Morgan fingerprint density at radius 3 is 2.88 bits per heavy atom. The van der Waals surface area contributed by atoms with Gasteiger partial charge in [-0.25, -0.2) is 4.39 Å². The van der Waals surface area contributed by atoms with Gasteiger partial charge in [0, 0.05) is 23.6 Å². The highest BCUT2D eigenvalue weighted by Gasteiger charge is 2.16. The average Bonchev–Trinajstić information content (AvgIpc) is 2.17. The molecule has 0 bridgehead atoms. The maximum atomic E-state index is 13.5. The monoisotopic (exact) mass is 244 g/mol. The topological polar surface area (TPSA) is 55.1 Å². The Morgan fingerprint density at radius 2 is 2.31 bits per heavy atom. The molecule has 1 atom stereocenters. The van der Waals surface area contributed by atoms with E-state index in [1.165, 1.54) is 12.1 Å². The molecule has 0 aliphatic heterocycles. The molecule has 16 heavy (non-hydrogen) atoms. The second kappa shape index (κ2) is 5.82. The van der Waals surface area contributed by atoms with Crippen LogP contribution in [0.3, 0.4) is 0 Å². The molecule has 0 aliphatic rings. The van der Waals surface area contributed by atoms with Crippen LogP contribution in [0.15, 0.2) is 18.2 Å². The van der Waals surface area contributed by atoms with E-state index in [0.717, 1.165) is 0 Å². The van der Waals surface area contributed by atoms with Gasteiger partial charge in [-0.05, 0) is 19.1 Å². The summed E-state index contributed by atoms with van der Waals surface area (Å²) in [4.78, 5) is 11.3. The molecule has 1 unspecified atom stereocenters. The van der Waals surface area contributed by atoms with Gasteiger partial charge < -0.3 is 11.1 Å². The molecule has 0 saturated heterocycles. The van der Waals surface area contributed by atoms with Gasteiger partial charge in [-0.3, -0.25) is 4.79 Å². The highest BCUT2D eigenvalue weighted by molar-refractivity contribution is 6.31. The van der Waals surface area contributed by atoms with E-state index in [1.54, 1.807) is 13.0 Å². The van der Waals surface area contributed by atoms with Gasteiger partial charge in [0.25, 0.3) is 0 Å². The Hall–Kier alpha value is -1.13. The van der Waals surface area contributed by atoms with Crippen LogP contribution in [-0.2, 0) is 4.79 Å². The van der Waals surface area contributed by atoms with Crippen molar-refractivity contribution in [3.63, 3.8) is 0 Å². The third kappa shape index (κ3) is 3.18. The smallest absolute Gasteiger partial charge is 0.221 e. The third-order valence-electron chi connectivity index (χ3n) is 2.18. The Bertz CT molecular complexity index is 364. The molecule has 0 aliphatic carbocycles. The van der Waals surface area contributed by atoms with Crippen molar-refractivity contribution < 1.29 is 9.18 Å². The van der Waals surface area contributed by atoms with Crippen LogP contribution in [0.5, 0.6) is 0 Å². The lowest BCUT2D eigenvalue weighted by Crippen LogP contribution is -2.29. The molecule has 0 aromatic heterocycles. The average molecular weight is 245 g/mol. The number of carbonyl (C=O) groups excluding carboxylic acids is 1. The van der Waals surface area contributed by atoms with Crippen molar-refractivity contribution in [3.05, 3.63) is 34.6 Å².